The molecule has 6 nitrogen and oxygen atoms in total. The predicted molar refractivity (Wildman–Crippen MR) is 120 cm³/mol. The lowest BCUT2D eigenvalue weighted by atomic mass is 10.1. The summed E-state index contributed by atoms with van der Waals surface area (Å²) in [5.74, 6) is -0.848. The van der Waals surface area contributed by atoms with E-state index in [2.05, 4.69) is 10.6 Å². The fraction of sp³-hybridized carbons (Fsp3) is 0.0833. The highest BCUT2D eigenvalue weighted by molar-refractivity contribution is 7.97. The zero-order valence-corrected chi connectivity index (χ0v) is 17.8. The number of sulfone groups is 1. The van der Waals surface area contributed by atoms with Crippen LogP contribution in [0.25, 0.3) is 5.70 Å². The van der Waals surface area contributed by atoms with E-state index < -0.39 is 15.7 Å². The van der Waals surface area contributed by atoms with Gasteiger partial charge in [0.2, 0.25) is 9.84 Å². The van der Waals surface area contributed by atoms with Crippen LogP contribution < -0.4 is 10.6 Å². The topological polar surface area (TPSA) is 92.3 Å². The second-order valence-corrected chi connectivity index (χ2v) is 9.14. The van der Waals surface area contributed by atoms with Gasteiger partial charge >= 0.3 is 0 Å². The van der Waals surface area contributed by atoms with Gasteiger partial charge in [-0.3, -0.25) is 9.59 Å². The van der Waals surface area contributed by atoms with Gasteiger partial charge in [0.25, 0.3) is 5.91 Å². The maximum Gasteiger partial charge on any atom is 0.269 e. The minimum atomic E-state index is -4.03. The van der Waals surface area contributed by atoms with Crippen LogP contribution in [-0.4, -0.2) is 20.1 Å². The number of fused-ring (bicyclic) bond motifs is 1. The van der Waals surface area contributed by atoms with Gasteiger partial charge in [0.1, 0.15) is 0 Å². The summed E-state index contributed by atoms with van der Waals surface area (Å²) in [6, 6.07) is 20.2. The molecule has 3 aromatic rings. The lowest BCUT2D eigenvalue weighted by molar-refractivity contribution is -0.112. The standard InChI is InChI=1S/C24H20N2O4S/c1-15-10-12-18(13-11-15)26-24(28)23-22(20-8-3-4-9-21(20)31(23,29)30)25-19-7-5-6-17(14-19)16(2)27/h3-14,25H,1-2H3,(H,26,28). The minimum absolute atomic E-state index is 0.0641. The van der Waals surface area contributed by atoms with Gasteiger partial charge in [-0.05, 0) is 44.2 Å². The van der Waals surface area contributed by atoms with Gasteiger partial charge in [-0.15, -0.1) is 0 Å². The fourth-order valence-corrected chi connectivity index (χ4v) is 5.08. The Bertz CT molecular complexity index is 1340. The van der Waals surface area contributed by atoms with Gasteiger partial charge in [0, 0.05) is 22.5 Å². The quantitative estimate of drug-likeness (QED) is 0.583. The first kappa shape index (κ1) is 20.6. The van der Waals surface area contributed by atoms with Gasteiger partial charge in [-0.25, -0.2) is 8.42 Å². The molecule has 0 aliphatic carbocycles. The van der Waals surface area contributed by atoms with Crippen LogP contribution in [0.15, 0.2) is 82.6 Å². The third kappa shape index (κ3) is 3.87. The van der Waals surface area contributed by atoms with Crippen molar-refractivity contribution >= 4 is 38.6 Å². The Morgan fingerprint density at radius 1 is 0.839 bits per heavy atom. The van der Waals surface area contributed by atoms with Crippen LogP contribution in [0.4, 0.5) is 11.4 Å². The predicted octanol–water partition coefficient (Wildman–Crippen LogP) is 4.40. The van der Waals surface area contributed by atoms with Crippen molar-refractivity contribution in [3.63, 3.8) is 0 Å². The van der Waals surface area contributed by atoms with Crippen molar-refractivity contribution in [1.82, 2.24) is 0 Å². The molecule has 0 bridgehead atoms. The van der Waals surface area contributed by atoms with Crippen LogP contribution in [0.3, 0.4) is 0 Å². The van der Waals surface area contributed by atoms with Gasteiger partial charge in [0.15, 0.2) is 10.7 Å². The molecule has 1 aliphatic heterocycles. The average molecular weight is 433 g/mol. The van der Waals surface area contributed by atoms with Crippen molar-refractivity contribution in [3.05, 3.63) is 94.4 Å². The SMILES string of the molecule is CC(=O)c1cccc(NC2=C(C(=O)Nc3ccc(C)cc3)S(=O)(=O)c3ccccc32)c1. The smallest absolute Gasteiger partial charge is 0.269 e. The second kappa shape index (κ2) is 7.85. The Hall–Kier alpha value is -3.71. The van der Waals surface area contributed by atoms with Crippen molar-refractivity contribution in [2.24, 2.45) is 0 Å². The molecular formula is C24H20N2O4S. The van der Waals surface area contributed by atoms with E-state index in [0.29, 0.717) is 22.5 Å². The Kier molecular flexibility index (Phi) is 5.20. The van der Waals surface area contributed by atoms with Crippen molar-refractivity contribution in [2.75, 3.05) is 10.6 Å². The van der Waals surface area contributed by atoms with E-state index in [0.717, 1.165) is 5.56 Å². The number of amides is 1. The number of ketones is 1. The molecular weight excluding hydrogens is 412 g/mol. The molecule has 1 aliphatic rings. The van der Waals surface area contributed by atoms with Crippen molar-refractivity contribution in [3.8, 4) is 0 Å². The Morgan fingerprint density at radius 3 is 2.26 bits per heavy atom. The Morgan fingerprint density at radius 2 is 1.55 bits per heavy atom. The van der Waals surface area contributed by atoms with Gasteiger partial charge in [-0.2, -0.15) is 0 Å². The summed E-state index contributed by atoms with van der Waals surface area (Å²) < 4.78 is 26.5. The van der Waals surface area contributed by atoms with E-state index in [9.17, 15) is 18.0 Å². The average Bonchev–Trinajstić information content (AvgIpc) is 2.97. The Balaban J connectivity index is 1.81. The molecule has 31 heavy (non-hydrogen) atoms. The maximum atomic E-state index is 13.2. The minimum Gasteiger partial charge on any atom is -0.354 e. The highest BCUT2D eigenvalue weighted by Gasteiger charge is 2.40. The maximum absolute atomic E-state index is 13.2. The third-order valence-electron chi connectivity index (χ3n) is 5.00. The molecule has 0 unspecified atom stereocenters. The second-order valence-electron chi connectivity index (χ2n) is 7.29. The number of rotatable bonds is 5. The summed E-state index contributed by atoms with van der Waals surface area (Å²) >= 11 is 0. The van der Waals surface area contributed by atoms with E-state index in [-0.39, 0.29) is 21.3 Å². The molecule has 3 aromatic carbocycles. The van der Waals surface area contributed by atoms with Crippen molar-refractivity contribution in [1.29, 1.82) is 0 Å². The number of Topliss-reactive ketones (excluding diaryl/α,β-unsaturated/α-hetero) is 1. The first-order valence-corrected chi connectivity index (χ1v) is 11.1. The summed E-state index contributed by atoms with van der Waals surface area (Å²) in [6.45, 7) is 3.37. The van der Waals surface area contributed by atoms with E-state index in [1.165, 1.54) is 13.0 Å². The van der Waals surface area contributed by atoms with Crippen LogP contribution in [-0.2, 0) is 14.6 Å². The molecule has 2 N–H and O–H groups in total. The van der Waals surface area contributed by atoms with E-state index in [1.54, 1.807) is 54.6 Å². The first-order chi connectivity index (χ1) is 14.8. The number of carbonyl (C=O) groups excluding carboxylic acids is 2. The third-order valence-corrected chi connectivity index (χ3v) is 6.86. The summed E-state index contributed by atoms with van der Waals surface area (Å²) in [4.78, 5) is 24.6. The highest BCUT2D eigenvalue weighted by atomic mass is 32.2. The summed E-state index contributed by atoms with van der Waals surface area (Å²) in [6.07, 6.45) is 0. The normalized spacial score (nSPS) is 14.1. The monoisotopic (exact) mass is 432 g/mol. The molecule has 0 saturated heterocycles. The summed E-state index contributed by atoms with van der Waals surface area (Å²) in [5, 5.41) is 5.74. The van der Waals surface area contributed by atoms with Crippen LogP contribution >= 0.6 is 0 Å². The van der Waals surface area contributed by atoms with Crippen molar-refractivity contribution in [2.45, 2.75) is 18.7 Å². The lowest BCUT2D eigenvalue weighted by Gasteiger charge is -2.12. The number of anilines is 2. The molecule has 1 amide bonds. The molecule has 1 heterocycles. The number of aryl methyl sites for hydroxylation is 1. The largest absolute Gasteiger partial charge is 0.354 e. The zero-order chi connectivity index (χ0) is 22.2. The molecule has 0 radical (unpaired) electrons. The summed E-state index contributed by atoms with van der Waals surface area (Å²) in [5.41, 5.74) is 3.09. The number of hydrogen-bond donors (Lipinski definition) is 2. The van der Waals surface area contributed by atoms with Gasteiger partial charge in [-0.1, -0.05) is 48.0 Å². The van der Waals surface area contributed by atoms with Crippen molar-refractivity contribution < 1.29 is 18.0 Å². The van der Waals surface area contributed by atoms with E-state index in [1.807, 2.05) is 19.1 Å². The molecule has 156 valence electrons. The number of nitrogens with one attached hydrogen (secondary N) is 2. The fourth-order valence-electron chi connectivity index (χ4n) is 3.42. The van der Waals surface area contributed by atoms with Gasteiger partial charge in [0.05, 0.1) is 10.6 Å². The molecule has 0 fully saturated rings. The summed E-state index contributed by atoms with van der Waals surface area (Å²) in [7, 11) is -4.03. The number of benzene rings is 3. The molecule has 0 atom stereocenters. The highest BCUT2D eigenvalue weighted by Crippen LogP contribution is 2.40. The van der Waals surface area contributed by atoms with Crippen LogP contribution in [0.5, 0.6) is 0 Å². The van der Waals surface area contributed by atoms with Crippen LogP contribution in [0.2, 0.25) is 0 Å². The van der Waals surface area contributed by atoms with Gasteiger partial charge < -0.3 is 10.6 Å². The number of carbonyl (C=O) groups is 2. The molecule has 7 heteroatoms. The number of hydrogen-bond acceptors (Lipinski definition) is 5. The molecule has 0 aromatic heterocycles. The molecule has 0 spiro atoms. The zero-order valence-electron chi connectivity index (χ0n) is 17.0. The molecule has 0 saturated carbocycles. The first-order valence-electron chi connectivity index (χ1n) is 9.62. The van der Waals surface area contributed by atoms with Crippen LogP contribution in [0.1, 0.15) is 28.4 Å². The van der Waals surface area contributed by atoms with E-state index in [4.69, 9.17) is 0 Å². The molecule has 4 rings (SSSR count). The lowest BCUT2D eigenvalue weighted by Crippen LogP contribution is -2.20. The Labute approximate surface area is 180 Å². The van der Waals surface area contributed by atoms with E-state index >= 15 is 0 Å². The van der Waals surface area contributed by atoms with Crippen LogP contribution in [0, 0.1) is 6.92 Å².